The third-order valence-corrected chi connectivity index (χ3v) is 5.16. The van der Waals surface area contributed by atoms with Gasteiger partial charge in [-0.05, 0) is 56.2 Å². The predicted octanol–water partition coefficient (Wildman–Crippen LogP) is 4.11. The van der Waals surface area contributed by atoms with Crippen molar-refractivity contribution in [2.45, 2.75) is 45.3 Å². The van der Waals surface area contributed by atoms with Gasteiger partial charge in [0.15, 0.2) is 0 Å². The maximum absolute atomic E-state index is 13.2. The van der Waals surface area contributed by atoms with E-state index in [9.17, 15) is 14.0 Å². The first-order valence-corrected chi connectivity index (χ1v) is 9.85. The first kappa shape index (κ1) is 19.2. The van der Waals surface area contributed by atoms with E-state index >= 15 is 0 Å². The van der Waals surface area contributed by atoms with E-state index in [1.165, 1.54) is 0 Å². The Morgan fingerprint density at radius 2 is 2.00 bits per heavy atom. The van der Waals surface area contributed by atoms with Gasteiger partial charge < -0.3 is 9.88 Å². The molecule has 0 saturated heterocycles. The highest BCUT2D eigenvalue weighted by Gasteiger charge is 2.24. The number of aryl methyl sites for hydroxylation is 1. The fourth-order valence-corrected chi connectivity index (χ4v) is 3.15. The van der Waals surface area contributed by atoms with Crippen LogP contribution < -0.4 is 10.9 Å². The van der Waals surface area contributed by atoms with Gasteiger partial charge in [0.05, 0.1) is 5.52 Å². The molecule has 6 nitrogen and oxygen atoms in total. The molecule has 3 aromatic rings. The zero-order chi connectivity index (χ0) is 20.4. The molecular weight excluding hydrogens is 371 g/mol. The largest absolute Gasteiger partial charge is 0.313 e. The Labute approximate surface area is 169 Å². The van der Waals surface area contributed by atoms with E-state index in [1.807, 2.05) is 23.6 Å². The molecule has 2 saturated carbocycles. The van der Waals surface area contributed by atoms with Crippen LogP contribution in [0.5, 0.6) is 0 Å². The van der Waals surface area contributed by atoms with Gasteiger partial charge in [-0.15, -0.1) is 0 Å². The average Bonchev–Trinajstić information content (AvgIpc) is 3.64. The number of carbonyl (C=O) groups is 1. The molecule has 1 N–H and O–H groups in total. The lowest BCUT2D eigenvalue weighted by Crippen LogP contribution is -2.23. The van der Waals surface area contributed by atoms with Gasteiger partial charge in [0, 0.05) is 49.1 Å². The lowest BCUT2D eigenvalue weighted by molar-refractivity contribution is -0.105. The van der Waals surface area contributed by atoms with Crippen LogP contribution in [0, 0.1) is 12.8 Å². The smallest absolute Gasteiger partial charge is 0.258 e. The van der Waals surface area contributed by atoms with Crippen LogP contribution in [-0.2, 0) is 11.3 Å². The van der Waals surface area contributed by atoms with Crippen LogP contribution in [0.15, 0.2) is 41.6 Å². The molecule has 152 valence electrons. The van der Waals surface area contributed by atoms with Crippen LogP contribution in [-0.4, -0.2) is 27.1 Å². The molecule has 0 radical (unpaired) electrons. The molecule has 1 amide bonds. The number of rotatable bonds is 5. The molecular formula is C22H25FN4O2. The molecule has 5 rings (SSSR count). The quantitative estimate of drug-likeness (QED) is 0.659. The number of hydrogen-bond donors (Lipinski definition) is 1. The Bertz CT molecular complexity index is 1110. The van der Waals surface area contributed by atoms with Crippen LogP contribution in [0.4, 0.5) is 10.2 Å². The molecule has 0 bridgehead atoms. The fraction of sp³-hybridized carbons (Fsp3) is 0.364. The van der Waals surface area contributed by atoms with E-state index in [-0.39, 0.29) is 6.99 Å². The Morgan fingerprint density at radius 3 is 2.62 bits per heavy atom. The van der Waals surface area contributed by atoms with Crippen LogP contribution in [0.25, 0.3) is 22.0 Å². The van der Waals surface area contributed by atoms with Crippen molar-refractivity contribution in [1.29, 1.82) is 0 Å². The van der Waals surface area contributed by atoms with E-state index in [0.29, 0.717) is 30.3 Å². The van der Waals surface area contributed by atoms with Gasteiger partial charge in [-0.2, -0.15) is 0 Å². The number of nitrogens with zero attached hydrogens (tertiary/aromatic N) is 3. The minimum Gasteiger partial charge on any atom is -0.313 e. The average molecular weight is 396 g/mol. The second-order valence-corrected chi connectivity index (χ2v) is 7.67. The van der Waals surface area contributed by atoms with E-state index in [2.05, 4.69) is 15.3 Å². The number of fused-ring (bicyclic) bond motifs is 1. The summed E-state index contributed by atoms with van der Waals surface area (Å²) in [5.41, 5.74) is 3.25. The number of hydrogen-bond acceptors (Lipinski definition) is 4. The minimum absolute atomic E-state index is 0. The third-order valence-electron chi connectivity index (χ3n) is 5.16. The van der Waals surface area contributed by atoms with Crippen molar-refractivity contribution >= 4 is 23.1 Å². The van der Waals surface area contributed by atoms with Crippen molar-refractivity contribution in [1.82, 2.24) is 14.5 Å². The maximum Gasteiger partial charge on any atom is 0.258 e. The summed E-state index contributed by atoms with van der Waals surface area (Å²) in [6.45, 7) is 2.66. The number of pyridine rings is 3. The maximum atomic E-state index is 13.2. The molecule has 2 aliphatic rings. The van der Waals surface area contributed by atoms with Crippen molar-refractivity contribution in [3.8, 4) is 11.1 Å². The van der Waals surface area contributed by atoms with Crippen molar-refractivity contribution < 1.29 is 10.6 Å². The van der Waals surface area contributed by atoms with Gasteiger partial charge in [-0.1, -0.05) is 0 Å². The summed E-state index contributed by atoms with van der Waals surface area (Å²) in [5, 5.41) is 3.42. The number of carbonyl (C=O) groups excluding carboxylic acids is 1. The molecule has 3 aromatic heterocycles. The SMILES string of the molecule is Cc1ccncc1-c1cc2cnc(NC=O)cc2n(CC2CC2)c1=O.FC1CC1.[HH]. The second-order valence-electron chi connectivity index (χ2n) is 7.67. The normalized spacial score (nSPS) is 15.5. The molecule has 0 spiro atoms. The summed E-state index contributed by atoms with van der Waals surface area (Å²) in [6, 6.07) is 5.52. The summed E-state index contributed by atoms with van der Waals surface area (Å²) in [4.78, 5) is 32.3. The topological polar surface area (TPSA) is 76.9 Å². The van der Waals surface area contributed by atoms with Crippen molar-refractivity contribution in [2.75, 3.05) is 5.32 Å². The number of amides is 1. The van der Waals surface area contributed by atoms with Gasteiger partial charge >= 0.3 is 0 Å². The highest BCUT2D eigenvalue weighted by atomic mass is 19.1. The number of alkyl halides is 1. The Morgan fingerprint density at radius 1 is 1.24 bits per heavy atom. The van der Waals surface area contributed by atoms with E-state index in [4.69, 9.17) is 0 Å². The first-order valence-electron chi connectivity index (χ1n) is 9.85. The molecule has 29 heavy (non-hydrogen) atoms. The molecule has 2 fully saturated rings. The number of nitrogens with one attached hydrogen (secondary N) is 1. The number of anilines is 1. The Balaban J connectivity index is 0.000000460. The summed E-state index contributed by atoms with van der Waals surface area (Å²) >= 11 is 0. The second kappa shape index (κ2) is 8.11. The molecule has 0 unspecified atom stereocenters. The molecule has 0 aromatic carbocycles. The lowest BCUT2D eigenvalue weighted by atomic mass is 10.0. The van der Waals surface area contributed by atoms with Crippen molar-refractivity contribution in [3.63, 3.8) is 0 Å². The van der Waals surface area contributed by atoms with Gasteiger partial charge in [-0.3, -0.25) is 14.6 Å². The molecule has 0 aliphatic heterocycles. The summed E-state index contributed by atoms with van der Waals surface area (Å²) in [5.74, 6) is 0.985. The molecule has 7 heteroatoms. The highest BCUT2D eigenvalue weighted by molar-refractivity contribution is 5.87. The fourth-order valence-electron chi connectivity index (χ4n) is 3.15. The van der Waals surface area contributed by atoms with E-state index in [0.717, 1.165) is 47.7 Å². The van der Waals surface area contributed by atoms with Crippen LogP contribution >= 0.6 is 0 Å². The highest BCUT2D eigenvalue weighted by Crippen LogP contribution is 2.32. The van der Waals surface area contributed by atoms with Gasteiger partial charge in [0.2, 0.25) is 6.41 Å². The minimum atomic E-state index is -0.417. The summed E-state index contributed by atoms with van der Waals surface area (Å²) < 4.78 is 12.9. The molecule has 0 atom stereocenters. The van der Waals surface area contributed by atoms with Crippen LogP contribution in [0.1, 0.15) is 32.7 Å². The first-order chi connectivity index (χ1) is 14.1. The predicted molar refractivity (Wildman–Crippen MR) is 113 cm³/mol. The Kier molecular flexibility index (Phi) is 5.38. The summed E-state index contributed by atoms with van der Waals surface area (Å²) in [6.07, 6.45) is 9.25. The van der Waals surface area contributed by atoms with Crippen molar-refractivity contribution in [2.24, 2.45) is 5.92 Å². The van der Waals surface area contributed by atoms with Gasteiger partial charge in [0.1, 0.15) is 12.0 Å². The van der Waals surface area contributed by atoms with Crippen LogP contribution in [0.2, 0.25) is 0 Å². The van der Waals surface area contributed by atoms with E-state index < -0.39 is 6.17 Å². The summed E-state index contributed by atoms with van der Waals surface area (Å²) in [7, 11) is 0. The zero-order valence-electron chi connectivity index (χ0n) is 16.3. The van der Waals surface area contributed by atoms with Crippen LogP contribution in [0.3, 0.4) is 0 Å². The third kappa shape index (κ3) is 4.50. The van der Waals surface area contributed by atoms with E-state index in [1.54, 1.807) is 24.7 Å². The molecule has 3 heterocycles. The van der Waals surface area contributed by atoms with Gasteiger partial charge in [0.25, 0.3) is 5.56 Å². The zero-order valence-corrected chi connectivity index (χ0v) is 16.3. The monoisotopic (exact) mass is 396 g/mol. The standard InChI is InChI=1S/C19H18N4O2.C3H5F.H2/c1-12-4-5-20-9-16(12)15-6-14-8-21-18(22-11-24)7-17(14)23(19(15)25)10-13-2-3-13;4-3-1-2-3;/h4-9,11,13H,2-3,10H2,1H3,(H,21,22,24);3H,1-2H2;1H. The van der Waals surface area contributed by atoms with Crippen molar-refractivity contribution in [3.05, 3.63) is 52.7 Å². The number of aromatic nitrogens is 3. The Hall–Kier alpha value is -3.09. The van der Waals surface area contributed by atoms with Gasteiger partial charge in [-0.25, -0.2) is 9.37 Å². The number of halogens is 1. The lowest BCUT2D eigenvalue weighted by Gasteiger charge is -2.14. The molecule has 2 aliphatic carbocycles.